The fraction of sp³-hybridized carbons (Fsp3) is 0.400. The van der Waals surface area contributed by atoms with Crippen molar-refractivity contribution in [3.63, 3.8) is 0 Å². The molecule has 2 aliphatic rings. The minimum absolute atomic E-state index is 0.181. The first kappa shape index (κ1) is 14.0. The van der Waals surface area contributed by atoms with Crippen LogP contribution in [0.25, 0.3) is 11.1 Å². The van der Waals surface area contributed by atoms with Crippen molar-refractivity contribution >= 4 is 11.4 Å². The first-order valence-electron chi connectivity index (χ1n) is 8.27. The molecule has 0 saturated carbocycles. The first-order valence-corrected chi connectivity index (χ1v) is 8.27. The number of ether oxygens (including phenoxy) is 1. The van der Waals surface area contributed by atoms with Gasteiger partial charge in [0.25, 0.3) is 0 Å². The van der Waals surface area contributed by atoms with Crippen LogP contribution in [0.2, 0.25) is 0 Å². The van der Waals surface area contributed by atoms with Crippen LogP contribution in [0.15, 0.2) is 48.5 Å². The Labute approximate surface area is 132 Å². The molecule has 1 fully saturated rings. The second-order valence-electron chi connectivity index (χ2n) is 7.29. The number of quaternary nitrogens is 1. The molecule has 0 bridgehead atoms. The van der Waals surface area contributed by atoms with Crippen molar-refractivity contribution in [3.05, 3.63) is 48.5 Å². The van der Waals surface area contributed by atoms with Crippen molar-refractivity contribution in [1.29, 1.82) is 0 Å². The summed E-state index contributed by atoms with van der Waals surface area (Å²) in [5, 5.41) is 0. The number of rotatable bonds is 4. The summed E-state index contributed by atoms with van der Waals surface area (Å²) in [7, 11) is 0. The molecular formula is C20H24NO+. The second kappa shape index (κ2) is 4.68. The maximum atomic E-state index is 5.64. The van der Waals surface area contributed by atoms with Gasteiger partial charge in [-0.2, -0.15) is 0 Å². The lowest BCUT2D eigenvalue weighted by molar-refractivity contribution is 0.187. The minimum atomic E-state index is 0.181. The molecule has 0 aliphatic carbocycles. The van der Waals surface area contributed by atoms with E-state index in [4.69, 9.17) is 4.74 Å². The quantitative estimate of drug-likeness (QED) is 0.585. The van der Waals surface area contributed by atoms with E-state index in [0.717, 1.165) is 24.2 Å². The highest BCUT2D eigenvalue weighted by atomic mass is 16.6. The molecule has 2 heteroatoms. The number of benzene rings is 2. The molecule has 0 amide bonds. The number of hydrogen-bond acceptors (Lipinski definition) is 1. The van der Waals surface area contributed by atoms with E-state index in [1.54, 1.807) is 0 Å². The zero-order chi connectivity index (χ0) is 15.4. The van der Waals surface area contributed by atoms with Crippen LogP contribution in [0.4, 0.5) is 11.4 Å². The Morgan fingerprint density at radius 2 is 1.50 bits per heavy atom. The monoisotopic (exact) mass is 294 g/mol. The van der Waals surface area contributed by atoms with Crippen molar-refractivity contribution in [2.24, 2.45) is 5.41 Å². The summed E-state index contributed by atoms with van der Waals surface area (Å²) in [6.45, 7) is 10.1. The van der Waals surface area contributed by atoms with Gasteiger partial charge in [-0.15, -0.1) is 0 Å². The summed E-state index contributed by atoms with van der Waals surface area (Å²) < 4.78 is 6.58. The molecule has 0 N–H and O–H groups in total. The molecular weight excluding hydrogens is 270 g/mol. The molecule has 0 radical (unpaired) electrons. The minimum Gasteiger partial charge on any atom is -0.372 e. The highest BCUT2D eigenvalue weighted by molar-refractivity contribution is 5.94. The molecule has 1 saturated heterocycles. The number of nitrogens with zero attached hydrogens (tertiary/aromatic N) is 1. The highest BCUT2D eigenvalue weighted by Gasteiger charge is 2.50. The van der Waals surface area contributed by atoms with Gasteiger partial charge in [0.15, 0.2) is 0 Å². The van der Waals surface area contributed by atoms with Crippen LogP contribution in [-0.4, -0.2) is 25.8 Å². The van der Waals surface area contributed by atoms with Crippen molar-refractivity contribution in [2.75, 3.05) is 19.7 Å². The highest BCUT2D eigenvalue weighted by Crippen LogP contribution is 2.54. The van der Waals surface area contributed by atoms with Gasteiger partial charge >= 0.3 is 0 Å². The Hall–Kier alpha value is -1.64. The van der Waals surface area contributed by atoms with Gasteiger partial charge in [0.2, 0.25) is 0 Å². The Kier molecular flexibility index (Phi) is 2.97. The molecule has 1 unspecified atom stereocenters. The summed E-state index contributed by atoms with van der Waals surface area (Å²) in [6, 6.07) is 17.8. The van der Waals surface area contributed by atoms with Gasteiger partial charge in [0, 0.05) is 28.7 Å². The Morgan fingerprint density at radius 3 is 1.95 bits per heavy atom. The normalized spacial score (nSPS) is 21.3. The zero-order valence-corrected chi connectivity index (χ0v) is 13.7. The lowest BCUT2D eigenvalue weighted by Crippen LogP contribution is -2.50. The van der Waals surface area contributed by atoms with E-state index in [1.807, 2.05) is 0 Å². The third-order valence-electron chi connectivity index (χ3n) is 5.44. The standard InChI is InChI=1S/C20H24NO/c1-4-21(14-20(2,3)19-13-22-19)17-11-7-5-9-15(17)16-10-6-8-12-18(16)21/h5-12,19H,4,13-14H2,1-3H3/q+1. The van der Waals surface area contributed by atoms with E-state index in [9.17, 15) is 0 Å². The topological polar surface area (TPSA) is 12.5 Å². The van der Waals surface area contributed by atoms with Gasteiger partial charge in [-0.3, -0.25) is 4.48 Å². The number of hydrogen-bond donors (Lipinski definition) is 0. The zero-order valence-electron chi connectivity index (χ0n) is 13.7. The maximum absolute atomic E-state index is 5.64. The average Bonchev–Trinajstić information content (AvgIpc) is 3.35. The maximum Gasteiger partial charge on any atom is 0.146 e. The molecule has 2 aromatic carbocycles. The largest absolute Gasteiger partial charge is 0.372 e. The summed E-state index contributed by atoms with van der Waals surface area (Å²) in [4.78, 5) is 0. The number of fused-ring (bicyclic) bond motifs is 3. The summed E-state index contributed by atoms with van der Waals surface area (Å²) in [5.74, 6) is 0. The fourth-order valence-electron chi connectivity index (χ4n) is 4.20. The smallest absolute Gasteiger partial charge is 0.146 e. The molecule has 1 atom stereocenters. The van der Waals surface area contributed by atoms with E-state index in [0.29, 0.717) is 6.10 Å². The molecule has 2 aliphatic heterocycles. The predicted octanol–water partition coefficient (Wildman–Crippen LogP) is 4.75. The molecule has 0 aromatic heterocycles. The lowest BCUT2D eigenvalue weighted by atomic mass is 9.87. The van der Waals surface area contributed by atoms with E-state index in [2.05, 4.69) is 69.3 Å². The van der Waals surface area contributed by atoms with Crippen molar-refractivity contribution in [3.8, 4) is 11.1 Å². The van der Waals surface area contributed by atoms with E-state index in [1.165, 1.54) is 22.5 Å². The molecule has 114 valence electrons. The molecule has 2 aromatic rings. The molecule has 22 heavy (non-hydrogen) atoms. The molecule has 4 rings (SSSR count). The van der Waals surface area contributed by atoms with Crippen LogP contribution in [0.3, 0.4) is 0 Å². The van der Waals surface area contributed by atoms with Crippen LogP contribution in [0.5, 0.6) is 0 Å². The molecule has 2 heterocycles. The van der Waals surface area contributed by atoms with Gasteiger partial charge in [-0.05, 0) is 19.1 Å². The van der Waals surface area contributed by atoms with Crippen molar-refractivity contribution in [1.82, 2.24) is 4.48 Å². The molecule has 0 spiro atoms. The van der Waals surface area contributed by atoms with E-state index >= 15 is 0 Å². The summed E-state index contributed by atoms with van der Waals surface area (Å²) in [6.07, 6.45) is 0.411. The van der Waals surface area contributed by atoms with Gasteiger partial charge in [0.05, 0.1) is 25.8 Å². The second-order valence-corrected chi connectivity index (χ2v) is 7.29. The van der Waals surface area contributed by atoms with Gasteiger partial charge in [0.1, 0.15) is 11.4 Å². The van der Waals surface area contributed by atoms with E-state index in [-0.39, 0.29) is 5.41 Å². The van der Waals surface area contributed by atoms with Crippen molar-refractivity contribution < 1.29 is 4.74 Å². The third-order valence-corrected chi connectivity index (χ3v) is 5.44. The van der Waals surface area contributed by atoms with Crippen LogP contribution in [0, 0.1) is 5.41 Å². The van der Waals surface area contributed by atoms with E-state index < -0.39 is 0 Å². The van der Waals surface area contributed by atoms with Gasteiger partial charge in [-0.1, -0.05) is 38.1 Å². The summed E-state index contributed by atoms with van der Waals surface area (Å²) in [5.41, 5.74) is 5.86. The molecule has 2 nitrogen and oxygen atoms in total. The average molecular weight is 294 g/mol. The van der Waals surface area contributed by atoms with Crippen molar-refractivity contribution in [2.45, 2.75) is 26.9 Å². The SMILES string of the molecule is CC[N+]1(CC(C)(C)C2CO2)c2ccccc2-c2ccccc21. The van der Waals surface area contributed by atoms with Crippen LogP contribution in [-0.2, 0) is 4.74 Å². The van der Waals surface area contributed by atoms with Gasteiger partial charge < -0.3 is 4.74 Å². The van der Waals surface area contributed by atoms with Crippen LogP contribution >= 0.6 is 0 Å². The Balaban J connectivity index is 1.91. The Morgan fingerprint density at radius 1 is 1.00 bits per heavy atom. The fourth-order valence-corrected chi connectivity index (χ4v) is 4.20. The number of para-hydroxylation sites is 2. The van der Waals surface area contributed by atoms with Crippen LogP contribution < -0.4 is 4.48 Å². The Bertz CT molecular complexity index is 670. The van der Waals surface area contributed by atoms with Crippen LogP contribution in [0.1, 0.15) is 20.8 Å². The number of epoxide rings is 1. The third kappa shape index (κ3) is 1.87. The summed E-state index contributed by atoms with van der Waals surface area (Å²) >= 11 is 0. The predicted molar refractivity (Wildman–Crippen MR) is 92.3 cm³/mol. The first-order chi connectivity index (χ1) is 10.6. The lowest BCUT2D eigenvalue weighted by Gasteiger charge is -2.39. The van der Waals surface area contributed by atoms with Gasteiger partial charge in [-0.25, -0.2) is 0 Å².